The fraction of sp³-hybridized carbons (Fsp3) is 0.818. The van der Waals surface area contributed by atoms with Crippen molar-refractivity contribution in [1.29, 1.82) is 0 Å². The van der Waals surface area contributed by atoms with Gasteiger partial charge in [0.2, 0.25) is 11.8 Å². The van der Waals surface area contributed by atoms with Crippen molar-refractivity contribution in [2.45, 2.75) is 25.8 Å². The van der Waals surface area contributed by atoms with Crippen LogP contribution >= 0.6 is 0 Å². The Balaban J connectivity index is 1.79. The lowest BCUT2D eigenvalue weighted by Gasteiger charge is -2.28. The predicted molar refractivity (Wildman–Crippen MR) is 59.8 cm³/mol. The van der Waals surface area contributed by atoms with Crippen LogP contribution in [0.4, 0.5) is 0 Å². The number of hydrogen-bond acceptors (Lipinski definition) is 3. The fourth-order valence-electron chi connectivity index (χ4n) is 2.08. The molecule has 2 heterocycles. The Hall–Kier alpha value is -1.10. The first-order valence-electron chi connectivity index (χ1n) is 5.98. The lowest BCUT2D eigenvalue weighted by molar-refractivity contribution is -0.136. The zero-order valence-corrected chi connectivity index (χ0v) is 9.66. The van der Waals surface area contributed by atoms with E-state index in [0.717, 1.165) is 39.0 Å². The summed E-state index contributed by atoms with van der Waals surface area (Å²) in [5.74, 6) is 0.103. The van der Waals surface area contributed by atoms with Crippen molar-refractivity contribution in [3.63, 3.8) is 0 Å². The molecule has 0 saturated carbocycles. The molecule has 90 valence electrons. The molecule has 0 aliphatic carbocycles. The minimum absolute atomic E-state index is 0.00111. The lowest BCUT2D eigenvalue weighted by atomic mass is 10.0. The third kappa shape index (κ3) is 2.35. The van der Waals surface area contributed by atoms with Gasteiger partial charge in [0.15, 0.2) is 0 Å². The monoisotopic (exact) mass is 225 g/mol. The van der Waals surface area contributed by atoms with Crippen molar-refractivity contribution >= 4 is 11.8 Å². The first kappa shape index (κ1) is 11.4. The standard InChI is InChI=1S/C11H19N3O2/c1-8(11(16)14-4-2-3-5-14)13-10(15)9-6-12-7-9/h8-9,12H,2-7H2,1H3,(H,13,15). The molecule has 2 saturated heterocycles. The second-order valence-electron chi connectivity index (χ2n) is 4.62. The Morgan fingerprint density at radius 3 is 2.44 bits per heavy atom. The molecule has 0 aromatic rings. The molecule has 2 rings (SSSR count). The van der Waals surface area contributed by atoms with E-state index in [1.807, 2.05) is 4.90 Å². The molecule has 1 atom stereocenters. The quantitative estimate of drug-likeness (QED) is 0.670. The van der Waals surface area contributed by atoms with Crippen LogP contribution in [0.1, 0.15) is 19.8 Å². The van der Waals surface area contributed by atoms with Gasteiger partial charge in [0.1, 0.15) is 6.04 Å². The molecule has 5 heteroatoms. The van der Waals surface area contributed by atoms with Gasteiger partial charge in [0.05, 0.1) is 5.92 Å². The Bertz CT molecular complexity index is 283. The predicted octanol–water partition coefficient (Wildman–Crippen LogP) is -0.667. The number of carbonyl (C=O) groups is 2. The number of likely N-dealkylation sites (tertiary alicyclic amines) is 1. The Morgan fingerprint density at radius 1 is 1.31 bits per heavy atom. The van der Waals surface area contributed by atoms with E-state index in [9.17, 15) is 9.59 Å². The fourth-order valence-corrected chi connectivity index (χ4v) is 2.08. The molecule has 2 aliphatic rings. The van der Waals surface area contributed by atoms with Crippen molar-refractivity contribution < 1.29 is 9.59 Å². The van der Waals surface area contributed by atoms with Crippen molar-refractivity contribution in [3.8, 4) is 0 Å². The lowest BCUT2D eigenvalue weighted by Crippen LogP contribution is -2.55. The van der Waals surface area contributed by atoms with Crippen molar-refractivity contribution in [2.24, 2.45) is 5.92 Å². The summed E-state index contributed by atoms with van der Waals surface area (Å²) in [4.78, 5) is 25.4. The molecular weight excluding hydrogens is 206 g/mol. The Labute approximate surface area is 95.6 Å². The molecule has 2 amide bonds. The average molecular weight is 225 g/mol. The zero-order chi connectivity index (χ0) is 11.5. The van der Waals surface area contributed by atoms with Gasteiger partial charge >= 0.3 is 0 Å². The molecule has 0 bridgehead atoms. The summed E-state index contributed by atoms with van der Waals surface area (Å²) in [5.41, 5.74) is 0. The van der Waals surface area contributed by atoms with Crippen LogP contribution in [0, 0.1) is 5.92 Å². The van der Waals surface area contributed by atoms with Crippen molar-refractivity contribution in [1.82, 2.24) is 15.5 Å². The molecule has 5 nitrogen and oxygen atoms in total. The van der Waals surface area contributed by atoms with Gasteiger partial charge in [0.25, 0.3) is 0 Å². The van der Waals surface area contributed by atoms with Crippen LogP contribution in [-0.4, -0.2) is 48.9 Å². The summed E-state index contributed by atoms with van der Waals surface area (Å²) in [7, 11) is 0. The van der Waals surface area contributed by atoms with Gasteiger partial charge in [-0.2, -0.15) is 0 Å². The molecule has 0 radical (unpaired) electrons. The van der Waals surface area contributed by atoms with E-state index in [1.54, 1.807) is 6.92 Å². The number of nitrogens with one attached hydrogen (secondary N) is 2. The summed E-state index contributed by atoms with van der Waals surface area (Å²) < 4.78 is 0. The van der Waals surface area contributed by atoms with Crippen LogP contribution in [0.15, 0.2) is 0 Å². The summed E-state index contributed by atoms with van der Waals surface area (Å²) in [5, 5.41) is 5.83. The number of nitrogens with zero attached hydrogens (tertiary/aromatic N) is 1. The first-order chi connectivity index (χ1) is 7.68. The van der Waals surface area contributed by atoms with E-state index in [1.165, 1.54) is 0 Å². The van der Waals surface area contributed by atoms with Crippen LogP contribution in [0.3, 0.4) is 0 Å². The smallest absolute Gasteiger partial charge is 0.244 e. The topological polar surface area (TPSA) is 61.4 Å². The van der Waals surface area contributed by atoms with E-state index >= 15 is 0 Å². The van der Waals surface area contributed by atoms with Crippen LogP contribution in [-0.2, 0) is 9.59 Å². The normalized spacial score (nSPS) is 22.7. The molecule has 1 unspecified atom stereocenters. The molecule has 2 N–H and O–H groups in total. The summed E-state index contributed by atoms with van der Waals surface area (Å²) in [6.07, 6.45) is 2.16. The molecule has 0 aromatic heterocycles. The van der Waals surface area contributed by atoms with E-state index in [0.29, 0.717) is 0 Å². The van der Waals surface area contributed by atoms with Gasteiger partial charge in [-0.15, -0.1) is 0 Å². The van der Waals surface area contributed by atoms with E-state index in [4.69, 9.17) is 0 Å². The van der Waals surface area contributed by atoms with Crippen LogP contribution in [0.25, 0.3) is 0 Å². The highest BCUT2D eigenvalue weighted by Gasteiger charge is 2.29. The molecule has 0 spiro atoms. The summed E-state index contributed by atoms with van der Waals surface area (Å²) in [6.45, 7) is 4.91. The van der Waals surface area contributed by atoms with Gasteiger partial charge in [-0.05, 0) is 19.8 Å². The second kappa shape index (κ2) is 4.82. The van der Waals surface area contributed by atoms with Gasteiger partial charge in [-0.1, -0.05) is 0 Å². The molecule has 0 aromatic carbocycles. The molecular formula is C11H19N3O2. The van der Waals surface area contributed by atoms with Crippen molar-refractivity contribution in [3.05, 3.63) is 0 Å². The second-order valence-corrected chi connectivity index (χ2v) is 4.62. The average Bonchev–Trinajstić information content (AvgIpc) is 2.65. The highest BCUT2D eigenvalue weighted by atomic mass is 16.2. The Kier molecular flexibility index (Phi) is 3.43. The molecule has 16 heavy (non-hydrogen) atoms. The first-order valence-corrected chi connectivity index (χ1v) is 5.98. The zero-order valence-electron chi connectivity index (χ0n) is 9.66. The largest absolute Gasteiger partial charge is 0.344 e. The number of carbonyl (C=O) groups excluding carboxylic acids is 2. The van der Waals surface area contributed by atoms with E-state index in [2.05, 4.69) is 10.6 Å². The van der Waals surface area contributed by atoms with Crippen molar-refractivity contribution in [2.75, 3.05) is 26.2 Å². The minimum atomic E-state index is -0.383. The van der Waals surface area contributed by atoms with Crippen LogP contribution < -0.4 is 10.6 Å². The van der Waals surface area contributed by atoms with Crippen LogP contribution in [0.2, 0.25) is 0 Å². The van der Waals surface area contributed by atoms with Gasteiger partial charge in [-0.25, -0.2) is 0 Å². The van der Waals surface area contributed by atoms with Gasteiger partial charge in [-0.3, -0.25) is 9.59 Å². The van der Waals surface area contributed by atoms with Gasteiger partial charge < -0.3 is 15.5 Å². The third-order valence-corrected chi connectivity index (χ3v) is 3.30. The maximum absolute atomic E-state index is 11.9. The highest BCUT2D eigenvalue weighted by Crippen LogP contribution is 2.09. The highest BCUT2D eigenvalue weighted by molar-refractivity contribution is 5.88. The summed E-state index contributed by atoms with van der Waals surface area (Å²) >= 11 is 0. The van der Waals surface area contributed by atoms with Crippen LogP contribution in [0.5, 0.6) is 0 Å². The molecule has 2 aliphatic heterocycles. The number of rotatable bonds is 3. The number of hydrogen-bond donors (Lipinski definition) is 2. The minimum Gasteiger partial charge on any atom is -0.344 e. The van der Waals surface area contributed by atoms with E-state index < -0.39 is 0 Å². The Morgan fingerprint density at radius 2 is 1.94 bits per heavy atom. The maximum atomic E-state index is 11.9. The van der Waals surface area contributed by atoms with Gasteiger partial charge in [0, 0.05) is 26.2 Å². The summed E-state index contributed by atoms with van der Waals surface area (Å²) in [6, 6.07) is -0.383. The SMILES string of the molecule is CC(NC(=O)C1CNC1)C(=O)N1CCCC1. The maximum Gasteiger partial charge on any atom is 0.244 e. The number of amides is 2. The van der Waals surface area contributed by atoms with E-state index in [-0.39, 0.29) is 23.8 Å². The third-order valence-electron chi connectivity index (χ3n) is 3.30. The molecule has 2 fully saturated rings.